The molecule has 1 rings (SSSR count). The van der Waals surface area contributed by atoms with Crippen molar-refractivity contribution in [1.82, 2.24) is 10.0 Å². The number of nitrogens with one attached hydrogen (secondary N) is 2. The molecule has 16 heavy (non-hydrogen) atoms. The SMILES string of the molecule is CNCCCS(=O)(=O)NCC1(C)CCCO1. The van der Waals surface area contributed by atoms with E-state index >= 15 is 0 Å². The zero-order valence-electron chi connectivity index (χ0n) is 10.1. The van der Waals surface area contributed by atoms with Crippen molar-refractivity contribution in [3.05, 3.63) is 0 Å². The lowest BCUT2D eigenvalue weighted by atomic mass is 10.0. The van der Waals surface area contributed by atoms with Gasteiger partial charge in [0.05, 0.1) is 11.4 Å². The molecule has 1 aliphatic heterocycles. The lowest BCUT2D eigenvalue weighted by Gasteiger charge is -2.23. The van der Waals surface area contributed by atoms with Crippen molar-refractivity contribution in [2.75, 3.05) is 32.5 Å². The molecule has 0 aromatic heterocycles. The van der Waals surface area contributed by atoms with Crippen molar-refractivity contribution in [3.63, 3.8) is 0 Å². The van der Waals surface area contributed by atoms with E-state index in [9.17, 15) is 8.42 Å². The molecule has 1 heterocycles. The van der Waals surface area contributed by atoms with E-state index in [1.165, 1.54) is 0 Å². The highest BCUT2D eigenvalue weighted by atomic mass is 32.2. The quantitative estimate of drug-likeness (QED) is 0.628. The summed E-state index contributed by atoms with van der Waals surface area (Å²) in [7, 11) is -1.34. The van der Waals surface area contributed by atoms with Gasteiger partial charge in [-0.05, 0) is 39.8 Å². The number of sulfonamides is 1. The second kappa shape index (κ2) is 5.95. The molecule has 0 radical (unpaired) electrons. The zero-order chi connectivity index (χ0) is 12.1. The third kappa shape index (κ3) is 4.78. The zero-order valence-corrected chi connectivity index (χ0v) is 10.9. The lowest BCUT2D eigenvalue weighted by molar-refractivity contribution is 0.0250. The van der Waals surface area contributed by atoms with Crippen LogP contribution in [0.15, 0.2) is 0 Å². The highest BCUT2D eigenvalue weighted by molar-refractivity contribution is 7.89. The minimum absolute atomic E-state index is 0.171. The van der Waals surface area contributed by atoms with Crippen molar-refractivity contribution in [2.24, 2.45) is 0 Å². The van der Waals surface area contributed by atoms with E-state index < -0.39 is 10.0 Å². The summed E-state index contributed by atoms with van der Waals surface area (Å²) in [6, 6.07) is 0. The molecule has 0 aromatic rings. The van der Waals surface area contributed by atoms with Crippen LogP contribution >= 0.6 is 0 Å². The van der Waals surface area contributed by atoms with E-state index in [4.69, 9.17) is 4.74 Å². The minimum Gasteiger partial charge on any atom is -0.374 e. The number of ether oxygens (including phenoxy) is 1. The summed E-state index contributed by atoms with van der Waals surface area (Å²) in [5.41, 5.74) is -0.309. The van der Waals surface area contributed by atoms with Crippen molar-refractivity contribution >= 4 is 10.0 Å². The molecule has 1 fully saturated rings. The maximum atomic E-state index is 11.6. The van der Waals surface area contributed by atoms with Gasteiger partial charge >= 0.3 is 0 Å². The molecule has 0 aromatic carbocycles. The van der Waals surface area contributed by atoms with Gasteiger partial charge in [0.25, 0.3) is 0 Å². The average molecular weight is 250 g/mol. The normalized spacial score (nSPS) is 26.1. The molecule has 0 amide bonds. The monoisotopic (exact) mass is 250 g/mol. The summed E-state index contributed by atoms with van der Waals surface area (Å²) >= 11 is 0. The molecule has 96 valence electrons. The molecule has 0 spiro atoms. The van der Waals surface area contributed by atoms with Crippen LogP contribution in [0.5, 0.6) is 0 Å². The largest absolute Gasteiger partial charge is 0.374 e. The molecule has 1 aliphatic rings. The summed E-state index contributed by atoms with van der Waals surface area (Å²) in [5.74, 6) is 0.171. The van der Waals surface area contributed by atoms with Crippen LogP contribution in [0.3, 0.4) is 0 Å². The first-order valence-corrected chi connectivity index (χ1v) is 7.39. The Morgan fingerprint density at radius 1 is 1.44 bits per heavy atom. The molecular formula is C10H22N2O3S. The summed E-state index contributed by atoms with van der Waals surface area (Å²) in [4.78, 5) is 0. The number of hydrogen-bond acceptors (Lipinski definition) is 4. The van der Waals surface area contributed by atoms with Gasteiger partial charge in [0, 0.05) is 13.2 Å². The van der Waals surface area contributed by atoms with Crippen LogP contribution in [0.25, 0.3) is 0 Å². The summed E-state index contributed by atoms with van der Waals surface area (Å²) in [6.07, 6.45) is 2.56. The molecular weight excluding hydrogens is 228 g/mol. The Kier molecular flexibility index (Phi) is 5.17. The van der Waals surface area contributed by atoms with Crippen LogP contribution in [0.4, 0.5) is 0 Å². The van der Waals surface area contributed by atoms with Gasteiger partial charge in [0.2, 0.25) is 10.0 Å². The predicted molar refractivity (Wildman–Crippen MR) is 63.9 cm³/mol. The Morgan fingerprint density at radius 2 is 2.19 bits per heavy atom. The highest BCUT2D eigenvalue weighted by Crippen LogP contribution is 2.24. The maximum Gasteiger partial charge on any atom is 0.211 e. The van der Waals surface area contributed by atoms with Crippen molar-refractivity contribution < 1.29 is 13.2 Å². The van der Waals surface area contributed by atoms with Crippen LogP contribution in [0, 0.1) is 0 Å². The van der Waals surface area contributed by atoms with Crippen LogP contribution in [-0.4, -0.2) is 46.5 Å². The van der Waals surface area contributed by atoms with E-state index in [1.807, 2.05) is 14.0 Å². The first-order chi connectivity index (χ1) is 7.47. The molecule has 1 atom stereocenters. The van der Waals surface area contributed by atoms with Crippen LogP contribution in [0.1, 0.15) is 26.2 Å². The highest BCUT2D eigenvalue weighted by Gasteiger charge is 2.30. The summed E-state index contributed by atoms with van der Waals surface area (Å²) in [6.45, 7) is 3.79. The molecule has 1 unspecified atom stereocenters. The topological polar surface area (TPSA) is 67.4 Å². The van der Waals surface area contributed by atoms with Gasteiger partial charge in [-0.25, -0.2) is 13.1 Å². The van der Waals surface area contributed by atoms with Crippen LogP contribution in [-0.2, 0) is 14.8 Å². The van der Waals surface area contributed by atoms with E-state index in [-0.39, 0.29) is 11.4 Å². The Bertz CT molecular complexity index is 297. The Morgan fingerprint density at radius 3 is 2.75 bits per heavy atom. The molecule has 0 aliphatic carbocycles. The van der Waals surface area contributed by atoms with Gasteiger partial charge in [-0.3, -0.25) is 0 Å². The van der Waals surface area contributed by atoms with Gasteiger partial charge in [-0.1, -0.05) is 0 Å². The molecule has 0 bridgehead atoms. The maximum absolute atomic E-state index is 11.6. The standard InChI is InChI=1S/C10H22N2O3S/c1-10(5-3-7-15-10)9-12-16(13,14)8-4-6-11-2/h11-12H,3-9H2,1-2H3. The summed E-state index contributed by atoms with van der Waals surface area (Å²) in [5, 5.41) is 2.93. The second-order valence-electron chi connectivity index (χ2n) is 4.50. The van der Waals surface area contributed by atoms with Gasteiger partial charge in [-0.2, -0.15) is 0 Å². The van der Waals surface area contributed by atoms with Crippen molar-refractivity contribution in [1.29, 1.82) is 0 Å². The smallest absolute Gasteiger partial charge is 0.211 e. The van der Waals surface area contributed by atoms with Gasteiger partial charge in [0.15, 0.2) is 0 Å². The fourth-order valence-corrected chi connectivity index (χ4v) is 2.94. The third-order valence-corrected chi connectivity index (χ3v) is 4.22. The number of hydrogen-bond donors (Lipinski definition) is 2. The van der Waals surface area contributed by atoms with Crippen LogP contribution < -0.4 is 10.0 Å². The van der Waals surface area contributed by atoms with Crippen molar-refractivity contribution in [2.45, 2.75) is 31.8 Å². The Balaban J connectivity index is 2.30. The minimum atomic E-state index is -3.15. The summed E-state index contributed by atoms with van der Waals surface area (Å²) < 4.78 is 31.4. The van der Waals surface area contributed by atoms with E-state index in [1.54, 1.807) is 0 Å². The lowest BCUT2D eigenvalue weighted by Crippen LogP contribution is -2.41. The molecule has 5 nitrogen and oxygen atoms in total. The van der Waals surface area contributed by atoms with Gasteiger partial charge < -0.3 is 10.1 Å². The molecule has 2 N–H and O–H groups in total. The molecule has 1 saturated heterocycles. The number of rotatable bonds is 7. The Labute approximate surface area is 98.0 Å². The van der Waals surface area contributed by atoms with Gasteiger partial charge in [0.1, 0.15) is 0 Å². The fraction of sp³-hybridized carbons (Fsp3) is 1.00. The first kappa shape index (κ1) is 13.9. The van der Waals surface area contributed by atoms with E-state index in [2.05, 4.69) is 10.0 Å². The van der Waals surface area contributed by atoms with Gasteiger partial charge in [-0.15, -0.1) is 0 Å². The Hall–Kier alpha value is -0.170. The molecule has 0 saturated carbocycles. The average Bonchev–Trinajstić information content (AvgIpc) is 2.64. The molecule has 6 heteroatoms. The van der Waals surface area contributed by atoms with Crippen LogP contribution in [0.2, 0.25) is 0 Å². The third-order valence-electron chi connectivity index (χ3n) is 2.81. The predicted octanol–water partition coefficient (Wildman–Crippen LogP) is 0.0844. The van der Waals surface area contributed by atoms with Crippen molar-refractivity contribution in [3.8, 4) is 0 Å². The second-order valence-corrected chi connectivity index (χ2v) is 6.43. The first-order valence-electron chi connectivity index (χ1n) is 5.73. The van der Waals surface area contributed by atoms with E-state index in [0.29, 0.717) is 19.5 Å². The van der Waals surface area contributed by atoms with E-state index in [0.717, 1.165) is 19.4 Å². The fourth-order valence-electron chi connectivity index (χ4n) is 1.75.